The summed E-state index contributed by atoms with van der Waals surface area (Å²) in [5, 5.41) is 51.8. The average Bonchev–Trinajstić information content (AvgIpc) is 3.36. The van der Waals surface area contributed by atoms with E-state index in [4.69, 9.17) is 28.4 Å². The number of rotatable bonds is 12. The summed E-state index contributed by atoms with van der Waals surface area (Å²) in [6.07, 6.45) is -3.81. The van der Waals surface area contributed by atoms with Crippen molar-refractivity contribution in [3.8, 4) is 5.75 Å². The van der Waals surface area contributed by atoms with E-state index >= 15 is 0 Å². The Morgan fingerprint density at radius 2 is 1.78 bits per heavy atom. The maximum atomic E-state index is 12.8. The number of ether oxygens (including phenoxy) is 6. The summed E-state index contributed by atoms with van der Waals surface area (Å²) in [4.78, 5) is 37.0. The second-order valence-corrected chi connectivity index (χ2v) is 12.1. The Hall–Kier alpha value is -3.53. The minimum Gasteiger partial charge on any atom is -0.508 e. The molecule has 1 aliphatic carbocycles. The number of aliphatic hydroxyl groups is 4. The van der Waals surface area contributed by atoms with Gasteiger partial charge in [0.15, 0.2) is 18.5 Å². The predicted octanol–water partition coefficient (Wildman–Crippen LogP) is 0.923. The molecule has 2 aliphatic heterocycles. The monoisotopic (exact) mass is 650 g/mol. The summed E-state index contributed by atoms with van der Waals surface area (Å²) in [6, 6.07) is 6.00. The van der Waals surface area contributed by atoms with E-state index in [-0.39, 0.29) is 31.1 Å². The van der Waals surface area contributed by atoms with E-state index in [0.29, 0.717) is 17.6 Å². The fourth-order valence-corrected chi connectivity index (χ4v) is 5.99. The van der Waals surface area contributed by atoms with Crippen molar-refractivity contribution >= 4 is 24.0 Å². The van der Waals surface area contributed by atoms with Gasteiger partial charge in [0, 0.05) is 19.4 Å². The third-order valence-corrected chi connectivity index (χ3v) is 8.23. The van der Waals surface area contributed by atoms with Crippen LogP contribution in [-0.2, 0) is 42.8 Å². The van der Waals surface area contributed by atoms with E-state index in [1.54, 1.807) is 12.1 Å². The van der Waals surface area contributed by atoms with Gasteiger partial charge in [-0.3, -0.25) is 9.59 Å². The number of hydrogen-bond donors (Lipinski definition) is 5. The molecule has 46 heavy (non-hydrogen) atoms. The van der Waals surface area contributed by atoms with Crippen molar-refractivity contribution in [1.82, 2.24) is 0 Å². The Balaban J connectivity index is 1.52. The van der Waals surface area contributed by atoms with E-state index in [2.05, 4.69) is 0 Å². The van der Waals surface area contributed by atoms with Crippen molar-refractivity contribution < 1.29 is 68.3 Å². The number of benzene rings is 1. The summed E-state index contributed by atoms with van der Waals surface area (Å²) in [5.74, 6) is -3.34. The molecular weight excluding hydrogens is 608 g/mol. The van der Waals surface area contributed by atoms with Gasteiger partial charge in [-0.15, -0.1) is 0 Å². The molecule has 5 N–H and O–H groups in total. The lowest BCUT2D eigenvalue weighted by Crippen LogP contribution is -2.61. The van der Waals surface area contributed by atoms with Gasteiger partial charge in [-0.05, 0) is 54.0 Å². The number of phenolic OH excluding ortho intramolecular Hbond substituents is 1. The molecule has 1 aromatic carbocycles. The van der Waals surface area contributed by atoms with Gasteiger partial charge in [0.2, 0.25) is 6.29 Å². The highest BCUT2D eigenvalue weighted by Crippen LogP contribution is 2.49. The van der Waals surface area contributed by atoms with Crippen LogP contribution in [0.5, 0.6) is 5.75 Å². The molecule has 2 fully saturated rings. The second kappa shape index (κ2) is 15.4. The maximum absolute atomic E-state index is 12.8. The second-order valence-electron chi connectivity index (χ2n) is 12.1. The molecule has 3 aliphatic rings. The van der Waals surface area contributed by atoms with Crippen LogP contribution in [0.4, 0.5) is 0 Å². The van der Waals surface area contributed by atoms with Crippen LogP contribution < -0.4 is 0 Å². The smallest absolute Gasteiger partial charge is 0.331 e. The molecular formula is C32H42O14. The van der Waals surface area contributed by atoms with Gasteiger partial charge in [-0.25, -0.2) is 4.79 Å². The van der Waals surface area contributed by atoms with Crippen LogP contribution in [0, 0.1) is 17.8 Å². The Morgan fingerprint density at radius 3 is 2.41 bits per heavy atom. The highest BCUT2D eigenvalue weighted by Gasteiger charge is 2.56. The van der Waals surface area contributed by atoms with E-state index < -0.39 is 85.6 Å². The van der Waals surface area contributed by atoms with Crippen LogP contribution in [0.3, 0.4) is 0 Å². The highest BCUT2D eigenvalue weighted by molar-refractivity contribution is 5.87. The van der Waals surface area contributed by atoms with Crippen LogP contribution in [-0.4, -0.2) is 106 Å². The first-order valence-corrected chi connectivity index (χ1v) is 15.1. The lowest BCUT2D eigenvalue weighted by atomic mass is 9.81. The molecule has 14 heteroatoms. The lowest BCUT2D eigenvalue weighted by molar-refractivity contribution is -0.304. The minimum atomic E-state index is -1.66. The first-order valence-electron chi connectivity index (χ1n) is 15.1. The van der Waals surface area contributed by atoms with Crippen molar-refractivity contribution in [2.24, 2.45) is 17.8 Å². The van der Waals surface area contributed by atoms with Gasteiger partial charge < -0.3 is 54.0 Å². The highest BCUT2D eigenvalue weighted by atomic mass is 16.7. The summed E-state index contributed by atoms with van der Waals surface area (Å²) < 4.78 is 33.8. The lowest BCUT2D eigenvalue weighted by Gasteiger charge is -2.43. The zero-order valence-electron chi connectivity index (χ0n) is 25.9. The molecule has 1 saturated heterocycles. The number of carbonyl (C=O) groups is 3. The molecule has 1 saturated carbocycles. The van der Waals surface area contributed by atoms with Gasteiger partial charge in [-0.1, -0.05) is 26.0 Å². The van der Waals surface area contributed by atoms with Crippen molar-refractivity contribution in [3.63, 3.8) is 0 Å². The number of phenols is 1. The molecule has 0 unspecified atom stereocenters. The molecule has 0 amide bonds. The fraction of sp³-hybridized carbons (Fsp3) is 0.594. The summed E-state index contributed by atoms with van der Waals surface area (Å²) in [7, 11) is 0. The Bertz CT molecular complexity index is 1280. The topological polar surface area (TPSA) is 208 Å². The first-order chi connectivity index (χ1) is 21.8. The van der Waals surface area contributed by atoms with E-state index in [9.17, 15) is 39.9 Å². The molecule has 4 rings (SSSR count). The van der Waals surface area contributed by atoms with Crippen LogP contribution in [0.1, 0.15) is 45.6 Å². The number of carbonyl (C=O) groups excluding carboxylic acids is 3. The van der Waals surface area contributed by atoms with Crippen molar-refractivity contribution in [3.05, 3.63) is 47.7 Å². The molecule has 0 radical (unpaired) electrons. The minimum absolute atomic E-state index is 0.0334. The van der Waals surface area contributed by atoms with Crippen molar-refractivity contribution in [2.45, 2.75) is 82.6 Å². The Morgan fingerprint density at radius 1 is 1.07 bits per heavy atom. The quantitative estimate of drug-likeness (QED) is 0.121. The third kappa shape index (κ3) is 8.43. The van der Waals surface area contributed by atoms with Gasteiger partial charge in [0.25, 0.3) is 0 Å². The first kappa shape index (κ1) is 35.3. The Kier molecular flexibility index (Phi) is 11.8. The third-order valence-electron chi connectivity index (χ3n) is 8.23. The van der Waals surface area contributed by atoms with Gasteiger partial charge in [-0.2, -0.15) is 0 Å². The zero-order valence-corrected chi connectivity index (χ0v) is 25.9. The van der Waals surface area contributed by atoms with Gasteiger partial charge in [0.05, 0.1) is 37.6 Å². The zero-order chi connectivity index (χ0) is 33.6. The average molecular weight is 651 g/mol. The SMILES string of the molecule is CC(=O)O[C@H]1[C@@H](O)[C@@H](OC(=O)C=Cc2ccc(O)cc2)[C@H](OCC2=CO[C@H](OC(=O)CC(C)C)[C@H]3[C@H]2CC[C@]3(O)CO)O[C@H]1CO. The van der Waals surface area contributed by atoms with E-state index in [1.807, 2.05) is 13.8 Å². The molecule has 1 aromatic rings. The maximum Gasteiger partial charge on any atom is 0.331 e. The van der Waals surface area contributed by atoms with Crippen LogP contribution in [0.2, 0.25) is 0 Å². The van der Waals surface area contributed by atoms with E-state index in [0.717, 1.165) is 13.0 Å². The Labute approximate surface area is 266 Å². The van der Waals surface area contributed by atoms with Crippen LogP contribution >= 0.6 is 0 Å². The largest absolute Gasteiger partial charge is 0.508 e. The molecule has 0 spiro atoms. The molecule has 0 aromatic heterocycles. The summed E-state index contributed by atoms with van der Waals surface area (Å²) in [6.45, 7) is 3.35. The number of aromatic hydroxyl groups is 1. The van der Waals surface area contributed by atoms with E-state index in [1.165, 1.54) is 24.5 Å². The predicted molar refractivity (Wildman–Crippen MR) is 157 cm³/mol. The number of aliphatic hydroxyl groups excluding tert-OH is 3. The standard InChI is InChI=1S/C32H42O14/c1-17(2)12-25(38)46-30-26-22(10-11-32(26,40)16-34)20(14-41-30)15-42-31-29(27(39)28(43-18(3)35)23(13-33)44-31)45-24(37)9-6-19-4-7-21(36)8-5-19/h4-9,14,17,22-23,26-31,33-34,36,39-40H,10-13,15-16H2,1-3H3/t22-,23-,26+,27+,28+,29+,30+,31+,32-/m0/s1. The fourth-order valence-electron chi connectivity index (χ4n) is 5.99. The van der Waals surface area contributed by atoms with Crippen LogP contribution in [0.15, 0.2) is 42.2 Å². The van der Waals surface area contributed by atoms with Gasteiger partial charge in [0.1, 0.15) is 18.0 Å². The molecule has 2 heterocycles. The van der Waals surface area contributed by atoms with Gasteiger partial charge >= 0.3 is 17.9 Å². The molecule has 254 valence electrons. The number of hydrogen-bond acceptors (Lipinski definition) is 14. The number of fused-ring (bicyclic) bond motifs is 1. The molecule has 14 nitrogen and oxygen atoms in total. The normalized spacial score (nSPS) is 32.4. The summed E-state index contributed by atoms with van der Waals surface area (Å²) >= 11 is 0. The summed E-state index contributed by atoms with van der Waals surface area (Å²) in [5.41, 5.74) is -0.498. The molecule has 9 atom stereocenters. The van der Waals surface area contributed by atoms with Crippen molar-refractivity contribution in [1.29, 1.82) is 0 Å². The van der Waals surface area contributed by atoms with Crippen LogP contribution in [0.25, 0.3) is 6.08 Å². The number of esters is 3. The molecule has 0 bridgehead atoms. The van der Waals surface area contributed by atoms with Crippen molar-refractivity contribution in [2.75, 3.05) is 19.8 Å².